The number of nitrogens with two attached hydrogens (primary N) is 1. The summed E-state index contributed by atoms with van der Waals surface area (Å²) in [5.74, 6) is -0.180. The number of fused-ring (bicyclic) bond motifs is 1. The van der Waals surface area contributed by atoms with Crippen LogP contribution in [0.25, 0.3) is 0 Å². The van der Waals surface area contributed by atoms with Crippen LogP contribution in [0.5, 0.6) is 0 Å². The zero-order valence-corrected chi connectivity index (χ0v) is 16.5. The van der Waals surface area contributed by atoms with Crippen LogP contribution in [0.3, 0.4) is 0 Å². The van der Waals surface area contributed by atoms with E-state index in [0.717, 1.165) is 5.56 Å². The van der Waals surface area contributed by atoms with E-state index in [9.17, 15) is 13.2 Å². The molecule has 3 N–H and O–H groups in total. The third kappa shape index (κ3) is 3.70. The van der Waals surface area contributed by atoms with Crippen molar-refractivity contribution in [2.75, 3.05) is 37.6 Å². The Hall–Kier alpha value is -2.93. The Bertz CT molecular complexity index is 1100. The van der Waals surface area contributed by atoms with E-state index in [-0.39, 0.29) is 10.8 Å². The molecule has 0 aromatic heterocycles. The highest BCUT2D eigenvalue weighted by Gasteiger charge is 2.31. The normalized spacial score (nSPS) is 19.5. The van der Waals surface area contributed by atoms with E-state index in [1.54, 1.807) is 24.3 Å². The first kappa shape index (κ1) is 19.4. The first-order valence-corrected chi connectivity index (χ1v) is 10.8. The standard InChI is InChI=1S/C20H21N5O3S/c21-7-8-24-9-11-25(12-10-24)17-6-5-14(13-18(17)29(22,27)28)19-15-3-1-2-4-16(15)20(26)23-19/h1-6,13,19H,8-12H2,(H,23,26)(H2,22,27,28). The molecule has 9 heteroatoms. The molecule has 0 spiro atoms. The highest BCUT2D eigenvalue weighted by molar-refractivity contribution is 7.89. The predicted molar refractivity (Wildman–Crippen MR) is 108 cm³/mol. The van der Waals surface area contributed by atoms with Gasteiger partial charge in [-0.05, 0) is 29.3 Å². The molecule has 2 aromatic carbocycles. The Kier molecular flexibility index (Phi) is 5.00. The number of nitrogens with one attached hydrogen (secondary N) is 1. The van der Waals surface area contributed by atoms with Crippen molar-refractivity contribution in [1.82, 2.24) is 10.2 Å². The Morgan fingerprint density at radius 1 is 1.14 bits per heavy atom. The van der Waals surface area contributed by atoms with Gasteiger partial charge in [-0.3, -0.25) is 9.69 Å². The monoisotopic (exact) mass is 411 g/mol. The summed E-state index contributed by atoms with van der Waals surface area (Å²) in [6.07, 6.45) is 0. The fourth-order valence-corrected chi connectivity index (χ4v) is 4.74. The van der Waals surface area contributed by atoms with Crippen LogP contribution in [-0.2, 0) is 10.0 Å². The highest BCUT2D eigenvalue weighted by Crippen LogP contribution is 2.34. The highest BCUT2D eigenvalue weighted by atomic mass is 32.2. The molecule has 2 aromatic rings. The first-order valence-electron chi connectivity index (χ1n) is 9.29. The number of anilines is 1. The van der Waals surface area contributed by atoms with E-state index in [2.05, 4.69) is 11.4 Å². The van der Waals surface area contributed by atoms with E-state index in [1.807, 2.05) is 28.0 Å². The van der Waals surface area contributed by atoms with E-state index >= 15 is 0 Å². The Morgan fingerprint density at radius 2 is 1.86 bits per heavy atom. The minimum absolute atomic E-state index is 0.0439. The van der Waals surface area contributed by atoms with Gasteiger partial charge in [0.25, 0.3) is 5.91 Å². The third-order valence-electron chi connectivity index (χ3n) is 5.42. The lowest BCUT2D eigenvalue weighted by Crippen LogP contribution is -2.46. The molecule has 1 amide bonds. The number of nitrogens with zero attached hydrogens (tertiary/aromatic N) is 3. The fraction of sp³-hybridized carbons (Fsp3) is 0.300. The number of nitriles is 1. The maximum atomic E-state index is 12.4. The number of sulfonamides is 1. The Labute approximate surface area is 169 Å². The lowest BCUT2D eigenvalue weighted by atomic mass is 9.98. The van der Waals surface area contributed by atoms with E-state index in [4.69, 9.17) is 10.4 Å². The van der Waals surface area contributed by atoms with Crippen molar-refractivity contribution in [2.45, 2.75) is 10.9 Å². The van der Waals surface area contributed by atoms with Crippen LogP contribution in [0.1, 0.15) is 27.5 Å². The number of hydrogen-bond acceptors (Lipinski definition) is 6. The van der Waals surface area contributed by atoms with Crippen molar-refractivity contribution in [3.05, 3.63) is 59.2 Å². The number of rotatable bonds is 4. The van der Waals surface area contributed by atoms with Crippen LogP contribution in [0.4, 0.5) is 5.69 Å². The lowest BCUT2D eigenvalue weighted by molar-refractivity contribution is 0.0960. The summed E-state index contributed by atoms with van der Waals surface area (Å²) in [6.45, 7) is 2.91. The summed E-state index contributed by atoms with van der Waals surface area (Å²) in [7, 11) is -3.97. The summed E-state index contributed by atoms with van der Waals surface area (Å²) >= 11 is 0. The molecule has 2 aliphatic heterocycles. The van der Waals surface area contributed by atoms with Gasteiger partial charge in [-0.15, -0.1) is 0 Å². The number of piperazine rings is 1. The molecule has 0 bridgehead atoms. The number of amides is 1. The van der Waals surface area contributed by atoms with Crippen LogP contribution in [0.2, 0.25) is 0 Å². The second-order valence-electron chi connectivity index (χ2n) is 7.19. The average Bonchev–Trinajstić information content (AvgIpc) is 3.05. The zero-order chi connectivity index (χ0) is 20.6. The smallest absolute Gasteiger partial charge is 0.252 e. The minimum atomic E-state index is -3.97. The molecular formula is C20H21N5O3S. The van der Waals surface area contributed by atoms with Gasteiger partial charge in [0.2, 0.25) is 10.0 Å². The zero-order valence-electron chi connectivity index (χ0n) is 15.7. The molecule has 8 nitrogen and oxygen atoms in total. The molecule has 1 fully saturated rings. The summed E-state index contributed by atoms with van der Waals surface area (Å²) in [4.78, 5) is 16.3. The number of hydrogen-bond donors (Lipinski definition) is 2. The van der Waals surface area contributed by atoms with Crippen molar-refractivity contribution in [3.63, 3.8) is 0 Å². The van der Waals surface area contributed by atoms with Crippen LogP contribution in [-0.4, -0.2) is 51.9 Å². The molecular weight excluding hydrogens is 390 g/mol. The van der Waals surface area contributed by atoms with Crippen LogP contribution < -0.4 is 15.4 Å². The van der Waals surface area contributed by atoms with Crippen LogP contribution in [0, 0.1) is 11.3 Å². The maximum absolute atomic E-state index is 12.4. The van der Waals surface area contributed by atoms with E-state index < -0.39 is 16.1 Å². The molecule has 4 rings (SSSR count). The molecule has 2 aliphatic rings. The summed E-state index contributed by atoms with van der Waals surface area (Å²) in [5, 5.41) is 17.3. The van der Waals surface area contributed by atoms with Gasteiger partial charge in [0.05, 0.1) is 24.3 Å². The molecule has 1 unspecified atom stereocenters. The fourth-order valence-electron chi connectivity index (χ4n) is 3.95. The average molecular weight is 411 g/mol. The van der Waals surface area contributed by atoms with E-state index in [0.29, 0.717) is 49.5 Å². The second kappa shape index (κ2) is 7.48. The van der Waals surface area contributed by atoms with Crippen molar-refractivity contribution in [1.29, 1.82) is 5.26 Å². The molecule has 150 valence electrons. The van der Waals surface area contributed by atoms with Gasteiger partial charge in [-0.25, -0.2) is 13.6 Å². The van der Waals surface area contributed by atoms with Crippen molar-refractivity contribution in [2.24, 2.45) is 5.14 Å². The van der Waals surface area contributed by atoms with Gasteiger partial charge in [0.15, 0.2) is 0 Å². The number of carbonyl (C=O) groups excluding carboxylic acids is 1. The molecule has 0 saturated carbocycles. The SMILES string of the molecule is N#CCN1CCN(c2ccc(C3NC(=O)c4ccccc43)cc2S(N)(=O)=O)CC1. The summed E-state index contributed by atoms with van der Waals surface area (Å²) in [6, 6.07) is 14.1. The summed E-state index contributed by atoms with van der Waals surface area (Å²) < 4.78 is 24.7. The predicted octanol–water partition coefficient (Wildman–Crippen LogP) is 0.812. The molecule has 1 saturated heterocycles. The summed E-state index contributed by atoms with van der Waals surface area (Å²) in [5.41, 5.74) is 2.62. The van der Waals surface area contributed by atoms with Crippen molar-refractivity contribution < 1.29 is 13.2 Å². The molecule has 29 heavy (non-hydrogen) atoms. The topological polar surface area (TPSA) is 120 Å². The van der Waals surface area contributed by atoms with Gasteiger partial charge in [-0.2, -0.15) is 5.26 Å². The van der Waals surface area contributed by atoms with Crippen molar-refractivity contribution in [3.8, 4) is 6.07 Å². The van der Waals surface area contributed by atoms with Crippen molar-refractivity contribution >= 4 is 21.6 Å². The lowest BCUT2D eigenvalue weighted by Gasteiger charge is -2.35. The second-order valence-corrected chi connectivity index (χ2v) is 8.72. The first-order chi connectivity index (χ1) is 13.9. The number of primary sulfonamides is 1. The molecule has 2 heterocycles. The third-order valence-corrected chi connectivity index (χ3v) is 6.36. The van der Waals surface area contributed by atoms with Gasteiger partial charge < -0.3 is 10.2 Å². The minimum Gasteiger partial charge on any atom is -0.368 e. The molecule has 1 atom stereocenters. The number of carbonyl (C=O) groups is 1. The largest absolute Gasteiger partial charge is 0.368 e. The molecule has 0 aliphatic carbocycles. The van der Waals surface area contributed by atoms with Crippen LogP contribution >= 0.6 is 0 Å². The number of benzene rings is 2. The maximum Gasteiger partial charge on any atom is 0.252 e. The Morgan fingerprint density at radius 3 is 2.55 bits per heavy atom. The van der Waals surface area contributed by atoms with Gasteiger partial charge in [-0.1, -0.05) is 24.3 Å². The Balaban J connectivity index is 1.69. The van der Waals surface area contributed by atoms with Crippen LogP contribution in [0.15, 0.2) is 47.4 Å². The quantitative estimate of drug-likeness (QED) is 0.719. The van der Waals surface area contributed by atoms with Gasteiger partial charge >= 0.3 is 0 Å². The van der Waals surface area contributed by atoms with Gasteiger partial charge in [0.1, 0.15) is 4.90 Å². The van der Waals surface area contributed by atoms with Gasteiger partial charge in [0, 0.05) is 31.7 Å². The molecule has 0 radical (unpaired) electrons. The van der Waals surface area contributed by atoms with E-state index in [1.165, 1.54) is 0 Å².